The Morgan fingerprint density at radius 2 is 2.07 bits per heavy atom. The van der Waals surface area contributed by atoms with Gasteiger partial charge in [-0.1, -0.05) is 18.2 Å². The molecule has 1 amide bonds. The molecule has 1 rings (SSSR count). The SMILES string of the molecule is C/C=C(/F)c1ccccc1NC(C)=O. The summed E-state index contributed by atoms with van der Waals surface area (Å²) in [5, 5.41) is 2.57. The highest BCUT2D eigenvalue weighted by Crippen LogP contribution is 2.24. The first-order valence-corrected chi connectivity index (χ1v) is 4.34. The molecule has 0 atom stereocenters. The van der Waals surface area contributed by atoms with Gasteiger partial charge in [-0.15, -0.1) is 0 Å². The maximum atomic E-state index is 13.3. The summed E-state index contributed by atoms with van der Waals surface area (Å²) in [6, 6.07) is 6.77. The molecule has 0 heterocycles. The van der Waals surface area contributed by atoms with Gasteiger partial charge in [0.25, 0.3) is 0 Å². The van der Waals surface area contributed by atoms with E-state index in [4.69, 9.17) is 0 Å². The number of anilines is 1. The van der Waals surface area contributed by atoms with Crippen LogP contribution in [0.25, 0.3) is 5.83 Å². The van der Waals surface area contributed by atoms with E-state index in [0.29, 0.717) is 11.3 Å². The van der Waals surface area contributed by atoms with Crippen LogP contribution in [-0.2, 0) is 4.79 Å². The summed E-state index contributed by atoms with van der Waals surface area (Å²) in [6.45, 7) is 3.00. The average Bonchev–Trinajstić information content (AvgIpc) is 2.16. The van der Waals surface area contributed by atoms with E-state index in [0.717, 1.165) is 0 Å². The molecular weight excluding hydrogens is 181 g/mol. The number of halogens is 1. The lowest BCUT2D eigenvalue weighted by Gasteiger charge is -2.07. The first kappa shape index (κ1) is 10.4. The van der Waals surface area contributed by atoms with Crippen LogP contribution in [0.1, 0.15) is 19.4 Å². The van der Waals surface area contributed by atoms with Gasteiger partial charge in [-0.25, -0.2) is 4.39 Å². The van der Waals surface area contributed by atoms with Crippen molar-refractivity contribution in [2.24, 2.45) is 0 Å². The first-order valence-electron chi connectivity index (χ1n) is 4.34. The second-order valence-corrected chi connectivity index (χ2v) is 2.86. The molecule has 2 nitrogen and oxygen atoms in total. The number of rotatable bonds is 2. The Morgan fingerprint density at radius 1 is 1.43 bits per heavy atom. The molecule has 1 aromatic rings. The number of nitrogens with one attached hydrogen (secondary N) is 1. The van der Waals surface area contributed by atoms with Gasteiger partial charge in [0.2, 0.25) is 5.91 Å². The lowest BCUT2D eigenvalue weighted by Crippen LogP contribution is -2.07. The molecule has 0 radical (unpaired) electrons. The van der Waals surface area contributed by atoms with E-state index in [2.05, 4.69) is 5.32 Å². The molecule has 14 heavy (non-hydrogen) atoms. The van der Waals surface area contributed by atoms with E-state index in [-0.39, 0.29) is 11.7 Å². The van der Waals surface area contributed by atoms with Crippen LogP contribution in [0, 0.1) is 0 Å². The van der Waals surface area contributed by atoms with E-state index in [1.54, 1.807) is 31.2 Å². The highest BCUT2D eigenvalue weighted by Gasteiger charge is 2.06. The molecule has 0 aliphatic rings. The van der Waals surface area contributed by atoms with Gasteiger partial charge in [0.1, 0.15) is 5.83 Å². The molecule has 0 aliphatic carbocycles. The number of carbonyl (C=O) groups is 1. The van der Waals surface area contributed by atoms with Crippen molar-refractivity contribution in [3.05, 3.63) is 35.9 Å². The summed E-state index contributed by atoms with van der Waals surface area (Å²) in [6.07, 6.45) is 1.36. The molecule has 0 saturated carbocycles. The smallest absolute Gasteiger partial charge is 0.221 e. The molecule has 0 unspecified atom stereocenters. The van der Waals surface area contributed by atoms with Crippen LogP contribution in [0.5, 0.6) is 0 Å². The molecule has 0 aliphatic heterocycles. The molecule has 0 aromatic heterocycles. The fraction of sp³-hybridized carbons (Fsp3) is 0.182. The largest absolute Gasteiger partial charge is 0.326 e. The molecular formula is C11H12FNO. The first-order chi connectivity index (χ1) is 6.65. The topological polar surface area (TPSA) is 29.1 Å². The average molecular weight is 193 g/mol. The molecule has 0 spiro atoms. The maximum absolute atomic E-state index is 13.3. The maximum Gasteiger partial charge on any atom is 0.221 e. The Balaban J connectivity index is 3.09. The van der Waals surface area contributed by atoms with Crippen molar-refractivity contribution >= 4 is 17.4 Å². The number of amides is 1. The van der Waals surface area contributed by atoms with Crippen molar-refractivity contribution in [3.8, 4) is 0 Å². The highest BCUT2D eigenvalue weighted by atomic mass is 19.1. The van der Waals surface area contributed by atoms with Gasteiger partial charge in [-0.2, -0.15) is 0 Å². The van der Waals surface area contributed by atoms with Crippen LogP contribution in [0.3, 0.4) is 0 Å². The zero-order valence-corrected chi connectivity index (χ0v) is 8.17. The zero-order valence-electron chi connectivity index (χ0n) is 8.17. The Bertz CT molecular complexity index is 371. The van der Waals surface area contributed by atoms with Crippen molar-refractivity contribution in [1.29, 1.82) is 0 Å². The predicted octanol–water partition coefficient (Wildman–Crippen LogP) is 2.98. The summed E-state index contributed by atoms with van der Waals surface area (Å²) in [7, 11) is 0. The minimum Gasteiger partial charge on any atom is -0.326 e. The van der Waals surface area contributed by atoms with Gasteiger partial charge in [0.05, 0.1) is 5.69 Å². The number of hydrogen-bond donors (Lipinski definition) is 1. The second kappa shape index (κ2) is 4.56. The molecule has 3 heteroatoms. The zero-order chi connectivity index (χ0) is 10.6. The van der Waals surface area contributed by atoms with Crippen LogP contribution in [0.2, 0.25) is 0 Å². The van der Waals surface area contributed by atoms with Crippen molar-refractivity contribution < 1.29 is 9.18 Å². The summed E-state index contributed by atoms with van der Waals surface area (Å²) < 4.78 is 13.3. The van der Waals surface area contributed by atoms with Crippen LogP contribution in [0.4, 0.5) is 10.1 Å². The van der Waals surface area contributed by atoms with Gasteiger partial charge in [-0.05, 0) is 19.1 Å². The van der Waals surface area contributed by atoms with Gasteiger partial charge >= 0.3 is 0 Å². The Labute approximate surface area is 82.4 Å². The third-order valence-electron chi connectivity index (χ3n) is 1.75. The number of benzene rings is 1. The normalized spacial score (nSPS) is 11.2. The minimum atomic E-state index is -0.339. The molecule has 74 valence electrons. The van der Waals surface area contributed by atoms with Crippen LogP contribution >= 0.6 is 0 Å². The lowest BCUT2D eigenvalue weighted by atomic mass is 10.1. The molecule has 0 saturated heterocycles. The lowest BCUT2D eigenvalue weighted by molar-refractivity contribution is -0.114. The fourth-order valence-corrected chi connectivity index (χ4v) is 1.15. The number of para-hydroxylation sites is 1. The monoisotopic (exact) mass is 193 g/mol. The molecule has 1 aromatic carbocycles. The molecule has 1 N–H and O–H groups in total. The van der Waals surface area contributed by atoms with E-state index >= 15 is 0 Å². The fourth-order valence-electron chi connectivity index (χ4n) is 1.15. The van der Waals surface area contributed by atoms with Gasteiger partial charge in [0.15, 0.2) is 0 Å². The summed E-state index contributed by atoms with van der Waals surface area (Å²) >= 11 is 0. The summed E-state index contributed by atoms with van der Waals surface area (Å²) in [5.41, 5.74) is 0.904. The molecule has 0 fully saturated rings. The van der Waals surface area contributed by atoms with Gasteiger partial charge < -0.3 is 5.32 Å². The van der Waals surface area contributed by atoms with Crippen molar-refractivity contribution in [1.82, 2.24) is 0 Å². The van der Waals surface area contributed by atoms with Crippen molar-refractivity contribution in [2.75, 3.05) is 5.32 Å². The van der Waals surface area contributed by atoms with E-state index in [1.807, 2.05) is 0 Å². The summed E-state index contributed by atoms with van der Waals surface area (Å²) in [5.74, 6) is -0.546. The van der Waals surface area contributed by atoms with E-state index in [1.165, 1.54) is 13.0 Å². The predicted molar refractivity (Wildman–Crippen MR) is 55.5 cm³/mol. The number of carbonyl (C=O) groups excluding carboxylic acids is 1. The second-order valence-electron chi connectivity index (χ2n) is 2.86. The van der Waals surface area contributed by atoms with Crippen molar-refractivity contribution in [3.63, 3.8) is 0 Å². The van der Waals surface area contributed by atoms with Crippen molar-refractivity contribution in [2.45, 2.75) is 13.8 Å². The highest BCUT2D eigenvalue weighted by molar-refractivity contribution is 5.91. The standard InChI is InChI=1S/C11H12FNO/c1-3-10(12)9-6-4-5-7-11(9)13-8(2)14/h3-7H,1-2H3,(H,13,14)/b10-3+. The molecule has 0 bridgehead atoms. The third-order valence-corrected chi connectivity index (χ3v) is 1.75. The Kier molecular flexibility index (Phi) is 3.40. The minimum absolute atomic E-state index is 0.207. The van der Waals surface area contributed by atoms with E-state index < -0.39 is 0 Å². The third kappa shape index (κ3) is 2.42. The summed E-state index contributed by atoms with van der Waals surface area (Å²) in [4.78, 5) is 10.8. The van der Waals surface area contributed by atoms with E-state index in [9.17, 15) is 9.18 Å². The Hall–Kier alpha value is -1.64. The van der Waals surface area contributed by atoms with Crippen LogP contribution in [0.15, 0.2) is 30.3 Å². The van der Waals surface area contributed by atoms with Gasteiger partial charge in [-0.3, -0.25) is 4.79 Å². The number of allylic oxidation sites excluding steroid dienone is 1. The Morgan fingerprint density at radius 3 is 2.64 bits per heavy atom. The van der Waals surface area contributed by atoms with Crippen LogP contribution < -0.4 is 5.32 Å². The van der Waals surface area contributed by atoms with Gasteiger partial charge in [0, 0.05) is 12.5 Å². The van der Waals surface area contributed by atoms with Crippen LogP contribution in [-0.4, -0.2) is 5.91 Å². The number of hydrogen-bond acceptors (Lipinski definition) is 1. The quantitative estimate of drug-likeness (QED) is 0.768.